The number of rotatable bonds is 7. The van der Waals surface area contributed by atoms with Crippen molar-refractivity contribution in [3.63, 3.8) is 0 Å². The third-order valence-electron chi connectivity index (χ3n) is 3.16. The van der Waals surface area contributed by atoms with E-state index >= 15 is 0 Å². The van der Waals surface area contributed by atoms with Crippen LogP contribution in [0.3, 0.4) is 0 Å². The van der Waals surface area contributed by atoms with Crippen molar-refractivity contribution in [2.75, 3.05) is 13.1 Å². The molecule has 0 atom stereocenters. The number of halogens is 2. The van der Waals surface area contributed by atoms with Crippen LogP contribution in [0.2, 0.25) is 0 Å². The van der Waals surface area contributed by atoms with Gasteiger partial charge in [0, 0.05) is 36.6 Å². The predicted octanol–water partition coefficient (Wildman–Crippen LogP) is 4.79. The van der Waals surface area contributed by atoms with Gasteiger partial charge >= 0.3 is 35.6 Å². The van der Waals surface area contributed by atoms with E-state index in [1.54, 1.807) is 36.7 Å². The van der Waals surface area contributed by atoms with Crippen LogP contribution in [0.5, 0.6) is 11.5 Å². The molecule has 0 amide bonds. The van der Waals surface area contributed by atoms with Gasteiger partial charge in [-0.05, 0) is 37.1 Å². The maximum atomic E-state index is 9.58. The molecule has 0 bridgehead atoms. The predicted molar refractivity (Wildman–Crippen MR) is 102 cm³/mol. The van der Waals surface area contributed by atoms with Crippen LogP contribution < -0.4 is 0 Å². The molecular weight excluding hydrogens is 395 g/mol. The Balaban J connectivity index is 0.000000970. The molecule has 4 nitrogen and oxygen atoms in total. The van der Waals surface area contributed by atoms with Crippen molar-refractivity contribution in [3.05, 3.63) is 59.7 Å². The van der Waals surface area contributed by atoms with Crippen LogP contribution in [0.1, 0.15) is 24.0 Å². The summed E-state index contributed by atoms with van der Waals surface area (Å²) in [4.78, 5) is 8.59. The van der Waals surface area contributed by atoms with Crippen LogP contribution in [0, 0.1) is 0 Å². The Morgan fingerprint density at radius 2 is 1.12 bits per heavy atom. The van der Waals surface area contributed by atoms with E-state index in [0.29, 0.717) is 13.1 Å². The monoisotopic (exact) mass is 414 g/mol. The molecule has 0 aromatic heterocycles. The average molecular weight is 415 g/mol. The molecule has 0 aliphatic carbocycles. The molecule has 0 fully saturated rings. The summed E-state index contributed by atoms with van der Waals surface area (Å²) in [5.41, 5.74) is 1.47. The van der Waals surface area contributed by atoms with E-state index in [1.165, 1.54) is 0 Å². The summed E-state index contributed by atoms with van der Waals surface area (Å²) in [5.74, 6) is 0.497. The van der Waals surface area contributed by atoms with E-state index in [9.17, 15) is 10.2 Å². The molecule has 0 heterocycles. The number of phenols is 2. The van der Waals surface area contributed by atoms with Gasteiger partial charge in [0.25, 0.3) is 0 Å². The van der Waals surface area contributed by atoms with Crippen LogP contribution in [0.4, 0.5) is 0 Å². The molecule has 7 heteroatoms. The van der Waals surface area contributed by atoms with Crippen LogP contribution >= 0.6 is 18.6 Å². The number of phenolic OH excluding ortho intramolecular Hbond substituents is 2. The fraction of sp³-hybridized carbons (Fsp3) is 0.222. The minimum absolute atomic E-state index is 0.249. The van der Waals surface area contributed by atoms with Crippen LogP contribution in [-0.4, -0.2) is 35.7 Å². The van der Waals surface area contributed by atoms with Crippen molar-refractivity contribution < 1.29 is 27.2 Å². The Morgan fingerprint density at radius 1 is 0.760 bits per heavy atom. The molecule has 132 valence electrons. The zero-order chi connectivity index (χ0) is 18.3. The van der Waals surface area contributed by atoms with Crippen molar-refractivity contribution in [2.24, 2.45) is 9.98 Å². The molecule has 0 aliphatic heterocycles. The van der Waals surface area contributed by atoms with Crippen molar-refractivity contribution in [3.8, 4) is 11.5 Å². The van der Waals surface area contributed by atoms with Crippen molar-refractivity contribution >= 4 is 31.0 Å². The van der Waals surface area contributed by atoms with Crippen molar-refractivity contribution in [1.82, 2.24) is 0 Å². The first-order chi connectivity index (χ1) is 12.2. The Kier molecular flexibility index (Phi) is 12.1. The molecule has 2 aromatic carbocycles. The second-order valence-corrected chi connectivity index (χ2v) is 7.55. The first-order valence-corrected chi connectivity index (χ1v) is 12.0. The molecule has 25 heavy (non-hydrogen) atoms. The fourth-order valence-electron chi connectivity index (χ4n) is 1.93. The standard InChI is InChI=1S/C18H20N2O2.2ClH.Ti/c21-17-9-3-1-7-15(17)13-19-11-5-6-12-20-14-16-8-2-4-10-18(16)22;;;/h1-4,7-10,13-14,21-22H,5-6,11-12H2;2*1H;/q;;;+2/p-2. The summed E-state index contributed by atoms with van der Waals surface area (Å²) in [6.07, 6.45) is 5.26. The summed E-state index contributed by atoms with van der Waals surface area (Å²) in [7, 11) is 9.78. The Labute approximate surface area is 164 Å². The number of hydrogen-bond acceptors (Lipinski definition) is 4. The normalized spacial score (nSPS) is 10.6. The van der Waals surface area contributed by atoms with Gasteiger partial charge in [-0.2, -0.15) is 0 Å². The van der Waals surface area contributed by atoms with Crippen LogP contribution in [0.25, 0.3) is 0 Å². The molecular formula is C18H20Cl2N2O2Ti. The number of aliphatic imine (C=N–C) groups is 2. The van der Waals surface area contributed by atoms with E-state index in [1.807, 2.05) is 24.3 Å². The van der Waals surface area contributed by atoms with E-state index in [0.717, 1.165) is 24.0 Å². The molecule has 0 radical (unpaired) electrons. The third-order valence-corrected chi connectivity index (χ3v) is 3.16. The van der Waals surface area contributed by atoms with Gasteiger partial charge in [-0.25, -0.2) is 0 Å². The zero-order valence-electron chi connectivity index (χ0n) is 13.6. The quantitative estimate of drug-likeness (QED) is 0.388. The van der Waals surface area contributed by atoms with Crippen LogP contribution in [-0.2, 0) is 17.0 Å². The second kappa shape index (κ2) is 13.9. The molecule has 0 aliphatic rings. The van der Waals surface area contributed by atoms with E-state index < -0.39 is 17.0 Å². The molecule has 2 rings (SSSR count). The average Bonchev–Trinajstić information content (AvgIpc) is 2.61. The number of nitrogens with zero attached hydrogens (tertiary/aromatic N) is 2. The van der Waals surface area contributed by atoms with Gasteiger partial charge in [-0.3, -0.25) is 9.98 Å². The summed E-state index contributed by atoms with van der Waals surface area (Å²) >= 11 is -0.556. The maximum absolute atomic E-state index is 9.58. The van der Waals surface area contributed by atoms with Crippen molar-refractivity contribution in [2.45, 2.75) is 12.8 Å². The van der Waals surface area contributed by atoms with Gasteiger partial charge in [0.05, 0.1) is 0 Å². The van der Waals surface area contributed by atoms with Gasteiger partial charge in [-0.15, -0.1) is 0 Å². The second-order valence-electron chi connectivity index (χ2n) is 4.97. The Morgan fingerprint density at radius 3 is 1.48 bits per heavy atom. The van der Waals surface area contributed by atoms with E-state index in [2.05, 4.69) is 9.98 Å². The van der Waals surface area contributed by atoms with Gasteiger partial charge in [-0.1, -0.05) is 24.3 Å². The van der Waals surface area contributed by atoms with Crippen molar-refractivity contribution in [1.29, 1.82) is 0 Å². The summed E-state index contributed by atoms with van der Waals surface area (Å²) in [6.45, 7) is 1.42. The van der Waals surface area contributed by atoms with Gasteiger partial charge in [0.2, 0.25) is 0 Å². The molecule has 0 saturated heterocycles. The number of hydrogen-bond donors (Lipinski definition) is 2. The Hall–Kier alpha value is -1.33. The number of para-hydroxylation sites is 2. The first kappa shape index (κ1) is 21.7. The number of aromatic hydroxyl groups is 2. The van der Waals surface area contributed by atoms with Gasteiger partial charge < -0.3 is 10.2 Å². The summed E-state index contributed by atoms with van der Waals surface area (Å²) in [5, 5.41) is 19.2. The molecule has 0 unspecified atom stereocenters. The zero-order valence-corrected chi connectivity index (χ0v) is 16.7. The number of benzene rings is 2. The van der Waals surface area contributed by atoms with E-state index in [-0.39, 0.29) is 11.5 Å². The van der Waals surface area contributed by atoms with Gasteiger partial charge in [0.15, 0.2) is 0 Å². The number of unbranched alkanes of at least 4 members (excludes halogenated alkanes) is 1. The SMILES string of the molecule is Oc1ccccc1C=NCCCCN=Cc1ccccc1O.[Cl][Ti][Cl]. The van der Waals surface area contributed by atoms with E-state index in [4.69, 9.17) is 18.6 Å². The summed E-state index contributed by atoms with van der Waals surface area (Å²) in [6, 6.07) is 14.3. The molecule has 2 aromatic rings. The summed E-state index contributed by atoms with van der Waals surface area (Å²) < 4.78 is 0. The first-order valence-electron chi connectivity index (χ1n) is 7.71. The molecule has 0 spiro atoms. The third kappa shape index (κ3) is 9.66. The minimum atomic E-state index is -0.556. The van der Waals surface area contributed by atoms with Crippen LogP contribution in [0.15, 0.2) is 58.5 Å². The Bertz CT molecular complexity index is 624. The van der Waals surface area contributed by atoms with Gasteiger partial charge in [0.1, 0.15) is 11.5 Å². The fourth-order valence-corrected chi connectivity index (χ4v) is 1.93. The molecule has 0 saturated carbocycles. The topological polar surface area (TPSA) is 65.2 Å². The molecule has 2 N–H and O–H groups in total.